The Morgan fingerprint density at radius 2 is 2.00 bits per heavy atom. The summed E-state index contributed by atoms with van der Waals surface area (Å²) in [5.41, 5.74) is 0. The number of rotatable bonds is 2. The Labute approximate surface area is 90.2 Å². The predicted octanol–water partition coefficient (Wildman–Crippen LogP) is 0.411. The molecule has 1 saturated heterocycles. The SMILES string of the molecule is CC(N=C1NC(=O)C(=O)N1)c1cccs1. The van der Waals surface area contributed by atoms with E-state index in [2.05, 4.69) is 15.6 Å². The number of hydrogen-bond donors (Lipinski definition) is 2. The molecule has 2 heterocycles. The average Bonchev–Trinajstić information content (AvgIpc) is 2.77. The van der Waals surface area contributed by atoms with Crippen LogP contribution in [0.3, 0.4) is 0 Å². The molecule has 6 heteroatoms. The molecule has 1 aliphatic heterocycles. The van der Waals surface area contributed by atoms with E-state index in [0.717, 1.165) is 4.88 Å². The van der Waals surface area contributed by atoms with Gasteiger partial charge in [-0.25, -0.2) is 4.99 Å². The molecule has 1 aliphatic rings. The molecule has 0 aromatic carbocycles. The van der Waals surface area contributed by atoms with Crippen LogP contribution in [0, 0.1) is 0 Å². The molecule has 2 N–H and O–H groups in total. The Balaban J connectivity index is 2.11. The monoisotopic (exact) mass is 223 g/mol. The lowest BCUT2D eigenvalue weighted by Gasteiger charge is -2.03. The van der Waals surface area contributed by atoms with Crippen molar-refractivity contribution in [1.82, 2.24) is 10.6 Å². The number of guanidine groups is 1. The summed E-state index contributed by atoms with van der Waals surface area (Å²) in [7, 11) is 0. The highest BCUT2D eigenvalue weighted by molar-refractivity contribution is 7.10. The number of carbonyl (C=O) groups excluding carboxylic acids is 2. The van der Waals surface area contributed by atoms with E-state index in [9.17, 15) is 9.59 Å². The summed E-state index contributed by atoms with van der Waals surface area (Å²) < 4.78 is 0. The van der Waals surface area contributed by atoms with Crippen molar-refractivity contribution in [2.45, 2.75) is 13.0 Å². The highest BCUT2D eigenvalue weighted by Crippen LogP contribution is 2.21. The Bertz CT molecular complexity index is 407. The van der Waals surface area contributed by atoms with Gasteiger partial charge in [0.05, 0.1) is 6.04 Å². The normalized spacial score (nSPS) is 17.3. The molecule has 0 radical (unpaired) electrons. The first-order valence-electron chi connectivity index (χ1n) is 4.40. The molecule has 2 amide bonds. The zero-order chi connectivity index (χ0) is 10.8. The van der Waals surface area contributed by atoms with Crippen LogP contribution in [0.2, 0.25) is 0 Å². The Hall–Kier alpha value is -1.69. The number of amides is 2. The minimum absolute atomic E-state index is 0.0706. The first-order valence-corrected chi connectivity index (χ1v) is 5.28. The van der Waals surface area contributed by atoms with Crippen molar-refractivity contribution in [3.8, 4) is 0 Å². The van der Waals surface area contributed by atoms with Crippen LogP contribution in [-0.2, 0) is 9.59 Å². The molecule has 1 unspecified atom stereocenters. The van der Waals surface area contributed by atoms with E-state index >= 15 is 0 Å². The predicted molar refractivity (Wildman–Crippen MR) is 56.5 cm³/mol. The van der Waals surface area contributed by atoms with Crippen molar-refractivity contribution in [3.05, 3.63) is 22.4 Å². The second kappa shape index (κ2) is 3.82. The van der Waals surface area contributed by atoms with Crippen LogP contribution in [0.25, 0.3) is 0 Å². The lowest BCUT2D eigenvalue weighted by molar-refractivity contribution is -0.135. The van der Waals surface area contributed by atoms with Crippen molar-refractivity contribution in [2.24, 2.45) is 4.99 Å². The highest BCUT2D eigenvalue weighted by atomic mass is 32.1. The average molecular weight is 223 g/mol. The number of aliphatic imine (C=N–C) groups is 1. The van der Waals surface area contributed by atoms with Gasteiger partial charge in [-0.2, -0.15) is 0 Å². The summed E-state index contributed by atoms with van der Waals surface area (Å²) in [6.45, 7) is 1.90. The van der Waals surface area contributed by atoms with E-state index in [-0.39, 0.29) is 12.0 Å². The fourth-order valence-electron chi connectivity index (χ4n) is 1.21. The minimum atomic E-state index is -0.660. The third kappa shape index (κ3) is 2.04. The zero-order valence-corrected chi connectivity index (χ0v) is 8.80. The number of nitrogens with one attached hydrogen (secondary N) is 2. The second-order valence-corrected chi connectivity index (χ2v) is 4.06. The molecule has 5 nitrogen and oxygen atoms in total. The second-order valence-electron chi connectivity index (χ2n) is 3.08. The van der Waals surface area contributed by atoms with E-state index in [1.807, 2.05) is 24.4 Å². The van der Waals surface area contributed by atoms with Gasteiger partial charge in [-0.1, -0.05) is 6.07 Å². The number of thiophene rings is 1. The minimum Gasteiger partial charge on any atom is -0.288 e. The standard InChI is InChI=1S/C9H9N3O2S/c1-5(6-3-2-4-15-6)10-9-11-7(13)8(14)12-9/h2-5H,1H3,(H2,10,11,12,13,14). The fourth-order valence-corrected chi connectivity index (χ4v) is 1.93. The summed E-state index contributed by atoms with van der Waals surface area (Å²) in [5.74, 6) is -1.09. The van der Waals surface area contributed by atoms with Crippen molar-refractivity contribution >= 4 is 29.1 Å². The van der Waals surface area contributed by atoms with E-state index in [1.54, 1.807) is 11.3 Å². The van der Waals surface area contributed by atoms with Crippen molar-refractivity contribution in [2.75, 3.05) is 0 Å². The van der Waals surface area contributed by atoms with E-state index in [1.165, 1.54) is 0 Å². The Morgan fingerprint density at radius 1 is 1.33 bits per heavy atom. The highest BCUT2D eigenvalue weighted by Gasteiger charge is 2.25. The van der Waals surface area contributed by atoms with Gasteiger partial charge < -0.3 is 0 Å². The molecule has 15 heavy (non-hydrogen) atoms. The molecule has 1 atom stereocenters. The third-order valence-electron chi connectivity index (χ3n) is 1.95. The lowest BCUT2D eigenvalue weighted by Crippen LogP contribution is -2.26. The number of carbonyl (C=O) groups is 2. The maximum Gasteiger partial charge on any atom is 0.316 e. The summed E-state index contributed by atoms with van der Waals surface area (Å²) in [6.07, 6.45) is 0. The van der Waals surface area contributed by atoms with Crippen LogP contribution in [0.15, 0.2) is 22.5 Å². The molecule has 2 rings (SSSR count). The van der Waals surface area contributed by atoms with Crippen LogP contribution in [0.1, 0.15) is 17.8 Å². The van der Waals surface area contributed by atoms with Crippen molar-refractivity contribution in [1.29, 1.82) is 0 Å². The first kappa shape index (κ1) is 9.85. The van der Waals surface area contributed by atoms with Gasteiger partial charge in [-0.15, -0.1) is 11.3 Å². The van der Waals surface area contributed by atoms with Gasteiger partial charge in [-0.05, 0) is 18.4 Å². The van der Waals surface area contributed by atoms with Gasteiger partial charge in [0, 0.05) is 4.88 Å². The van der Waals surface area contributed by atoms with Crippen LogP contribution in [0.4, 0.5) is 0 Å². The fraction of sp³-hybridized carbons (Fsp3) is 0.222. The van der Waals surface area contributed by atoms with E-state index in [0.29, 0.717) is 0 Å². The van der Waals surface area contributed by atoms with Gasteiger partial charge in [0.1, 0.15) is 0 Å². The summed E-state index contributed by atoms with van der Waals surface area (Å²) in [4.78, 5) is 27.0. The molecule has 0 spiro atoms. The molecule has 0 saturated carbocycles. The van der Waals surface area contributed by atoms with Crippen LogP contribution in [0.5, 0.6) is 0 Å². The largest absolute Gasteiger partial charge is 0.316 e. The Morgan fingerprint density at radius 3 is 2.53 bits per heavy atom. The maximum absolute atomic E-state index is 10.9. The molecule has 0 aliphatic carbocycles. The number of hydrogen-bond acceptors (Lipinski definition) is 4. The topological polar surface area (TPSA) is 70.6 Å². The van der Waals surface area contributed by atoms with Gasteiger partial charge in [-0.3, -0.25) is 20.2 Å². The Kier molecular flexibility index (Phi) is 2.51. The summed E-state index contributed by atoms with van der Waals surface area (Å²) >= 11 is 1.58. The maximum atomic E-state index is 10.9. The van der Waals surface area contributed by atoms with E-state index in [4.69, 9.17) is 0 Å². The zero-order valence-electron chi connectivity index (χ0n) is 7.98. The summed E-state index contributed by atoms with van der Waals surface area (Å²) in [6, 6.07) is 3.82. The molecule has 1 fully saturated rings. The van der Waals surface area contributed by atoms with Crippen molar-refractivity contribution in [3.63, 3.8) is 0 Å². The third-order valence-corrected chi connectivity index (χ3v) is 2.99. The van der Waals surface area contributed by atoms with Crippen molar-refractivity contribution < 1.29 is 9.59 Å². The van der Waals surface area contributed by atoms with Gasteiger partial charge in [0.15, 0.2) is 0 Å². The first-order chi connectivity index (χ1) is 7.16. The molecule has 1 aromatic rings. The van der Waals surface area contributed by atoms with Crippen LogP contribution in [-0.4, -0.2) is 17.8 Å². The lowest BCUT2D eigenvalue weighted by atomic mass is 10.3. The smallest absolute Gasteiger partial charge is 0.288 e. The molecular weight excluding hydrogens is 214 g/mol. The number of nitrogens with zero attached hydrogens (tertiary/aromatic N) is 1. The van der Waals surface area contributed by atoms with E-state index < -0.39 is 11.8 Å². The van der Waals surface area contributed by atoms with Gasteiger partial charge in [0.25, 0.3) is 0 Å². The van der Waals surface area contributed by atoms with Gasteiger partial charge in [0.2, 0.25) is 5.96 Å². The van der Waals surface area contributed by atoms with Gasteiger partial charge >= 0.3 is 11.8 Å². The molecule has 1 aromatic heterocycles. The molecule has 0 bridgehead atoms. The molecule has 78 valence electrons. The van der Waals surface area contributed by atoms with Crippen LogP contribution < -0.4 is 10.6 Å². The van der Waals surface area contributed by atoms with Crippen LogP contribution >= 0.6 is 11.3 Å². The summed E-state index contributed by atoms with van der Waals surface area (Å²) in [5, 5.41) is 6.66. The quantitative estimate of drug-likeness (QED) is 0.713. The molecular formula is C9H9N3O2S.